The smallest absolute Gasteiger partial charge is 0.318 e. The quantitative estimate of drug-likeness (QED) is 0.659. The first kappa shape index (κ1) is 11.3. The average molecular weight is 199 g/mol. The lowest BCUT2D eigenvalue weighted by Gasteiger charge is -2.29. The van der Waals surface area contributed by atoms with Crippen LogP contribution in [0.1, 0.15) is 33.6 Å². The summed E-state index contributed by atoms with van der Waals surface area (Å²) in [5.74, 6) is 0. The van der Waals surface area contributed by atoms with Gasteiger partial charge in [-0.25, -0.2) is 4.79 Å². The van der Waals surface area contributed by atoms with Gasteiger partial charge in [0.25, 0.3) is 0 Å². The number of carbonyl (C=O) groups is 1. The molecule has 1 aliphatic rings. The average Bonchev–Trinajstić information content (AvgIpc) is 2.47. The molecular weight excluding hydrogens is 178 g/mol. The molecule has 1 unspecified atom stereocenters. The summed E-state index contributed by atoms with van der Waals surface area (Å²) < 4.78 is 0. The first-order valence-corrected chi connectivity index (χ1v) is 5.23. The monoisotopic (exact) mass is 199 g/mol. The summed E-state index contributed by atoms with van der Waals surface area (Å²) in [6, 6.07) is 0.253. The van der Waals surface area contributed by atoms with Crippen LogP contribution in [0, 0.1) is 0 Å². The number of nitrogens with two attached hydrogens (primary N) is 1. The van der Waals surface area contributed by atoms with Crippen LogP contribution in [-0.4, -0.2) is 35.6 Å². The highest BCUT2D eigenvalue weighted by Crippen LogP contribution is 2.16. The molecule has 1 aliphatic heterocycles. The van der Waals surface area contributed by atoms with Crippen LogP contribution in [0.15, 0.2) is 0 Å². The lowest BCUT2D eigenvalue weighted by Crippen LogP contribution is -2.51. The SMILES string of the molecule is CC(C)(C)NC(=O)N1CCCC1CN. The van der Waals surface area contributed by atoms with Gasteiger partial charge in [-0.05, 0) is 33.6 Å². The van der Waals surface area contributed by atoms with Crippen LogP contribution < -0.4 is 11.1 Å². The van der Waals surface area contributed by atoms with Crippen LogP contribution >= 0.6 is 0 Å². The van der Waals surface area contributed by atoms with E-state index >= 15 is 0 Å². The molecule has 0 spiro atoms. The zero-order valence-electron chi connectivity index (χ0n) is 9.34. The molecule has 1 heterocycles. The highest BCUT2D eigenvalue weighted by atomic mass is 16.2. The summed E-state index contributed by atoms with van der Waals surface area (Å²) in [4.78, 5) is 13.6. The van der Waals surface area contributed by atoms with Crippen molar-refractivity contribution in [2.45, 2.75) is 45.2 Å². The normalized spacial score (nSPS) is 22.6. The van der Waals surface area contributed by atoms with Gasteiger partial charge in [-0.2, -0.15) is 0 Å². The molecule has 2 amide bonds. The number of rotatable bonds is 1. The van der Waals surface area contributed by atoms with Crippen molar-refractivity contribution in [1.29, 1.82) is 0 Å². The maximum Gasteiger partial charge on any atom is 0.318 e. The number of urea groups is 1. The third-order valence-corrected chi connectivity index (χ3v) is 2.39. The highest BCUT2D eigenvalue weighted by molar-refractivity contribution is 5.75. The Bertz CT molecular complexity index is 210. The molecule has 0 aromatic rings. The lowest BCUT2D eigenvalue weighted by atomic mass is 10.1. The van der Waals surface area contributed by atoms with E-state index in [0.717, 1.165) is 19.4 Å². The predicted octanol–water partition coefficient (Wildman–Crippen LogP) is 0.918. The number of nitrogens with zero attached hydrogens (tertiary/aromatic N) is 1. The summed E-state index contributed by atoms with van der Waals surface area (Å²) in [5.41, 5.74) is 5.44. The molecule has 1 fully saturated rings. The van der Waals surface area contributed by atoms with Gasteiger partial charge in [0, 0.05) is 24.7 Å². The zero-order chi connectivity index (χ0) is 10.8. The lowest BCUT2D eigenvalue weighted by molar-refractivity contribution is 0.185. The van der Waals surface area contributed by atoms with E-state index < -0.39 is 0 Å². The molecule has 82 valence electrons. The Morgan fingerprint density at radius 2 is 2.21 bits per heavy atom. The van der Waals surface area contributed by atoms with Crippen molar-refractivity contribution in [1.82, 2.24) is 10.2 Å². The van der Waals surface area contributed by atoms with Crippen LogP contribution in [0.3, 0.4) is 0 Å². The molecule has 4 heteroatoms. The minimum Gasteiger partial charge on any atom is -0.333 e. The number of amides is 2. The summed E-state index contributed by atoms with van der Waals surface area (Å²) in [7, 11) is 0. The van der Waals surface area contributed by atoms with E-state index in [9.17, 15) is 4.79 Å². The topological polar surface area (TPSA) is 58.4 Å². The molecule has 14 heavy (non-hydrogen) atoms. The molecule has 1 rings (SSSR count). The van der Waals surface area contributed by atoms with Crippen molar-refractivity contribution < 1.29 is 4.79 Å². The van der Waals surface area contributed by atoms with Gasteiger partial charge in [-0.1, -0.05) is 0 Å². The standard InChI is InChI=1S/C10H21N3O/c1-10(2,3)12-9(14)13-6-4-5-8(13)7-11/h8H,4-7,11H2,1-3H3,(H,12,14). The molecule has 0 aliphatic carbocycles. The van der Waals surface area contributed by atoms with Crippen molar-refractivity contribution in [2.75, 3.05) is 13.1 Å². The van der Waals surface area contributed by atoms with E-state index in [-0.39, 0.29) is 17.6 Å². The number of hydrogen-bond donors (Lipinski definition) is 2. The van der Waals surface area contributed by atoms with Crippen molar-refractivity contribution in [2.24, 2.45) is 5.73 Å². The minimum atomic E-state index is -0.168. The molecule has 1 atom stereocenters. The van der Waals surface area contributed by atoms with E-state index in [4.69, 9.17) is 5.73 Å². The van der Waals surface area contributed by atoms with Crippen LogP contribution in [0.25, 0.3) is 0 Å². The van der Waals surface area contributed by atoms with E-state index in [1.807, 2.05) is 25.7 Å². The van der Waals surface area contributed by atoms with Gasteiger partial charge < -0.3 is 16.0 Å². The minimum absolute atomic E-state index is 0.0189. The first-order valence-electron chi connectivity index (χ1n) is 5.23. The summed E-state index contributed by atoms with van der Waals surface area (Å²) in [6.45, 7) is 7.36. The maximum atomic E-state index is 11.8. The van der Waals surface area contributed by atoms with Crippen molar-refractivity contribution >= 4 is 6.03 Å². The summed E-state index contributed by atoms with van der Waals surface area (Å²) >= 11 is 0. The molecule has 0 saturated carbocycles. The zero-order valence-corrected chi connectivity index (χ0v) is 9.34. The molecule has 0 radical (unpaired) electrons. The third kappa shape index (κ3) is 2.87. The molecule has 0 bridgehead atoms. The first-order chi connectivity index (χ1) is 6.44. The Morgan fingerprint density at radius 1 is 1.57 bits per heavy atom. The van der Waals surface area contributed by atoms with E-state index in [1.165, 1.54) is 0 Å². The Morgan fingerprint density at radius 3 is 2.71 bits per heavy atom. The number of nitrogens with one attached hydrogen (secondary N) is 1. The fourth-order valence-electron chi connectivity index (χ4n) is 1.74. The molecule has 0 aromatic heterocycles. The van der Waals surface area contributed by atoms with Gasteiger partial charge in [-0.15, -0.1) is 0 Å². The van der Waals surface area contributed by atoms with Gasteiger partial charge in [0.15, 0.2) is 0 Å². The van der Waals surface area contributed by atoms with Crippen molar-refractivity contribution in [3.63, 3.8) is 0 Å². The Hall–Kier alpha value is -0.770. The summed E-state index contributed by atoms with van der Waals surface area (Å²) in [5, 5.41) is 2.96. The fourth-order valence-corrected chi connectivity index (χ4v) is 1.74. The third-order valence-electron chi connectivity index (χ3n) is 2.39. The second-order valence-electron chi connectivity index (χ2n) is 4.91. The second-order valence-corrected chi connectivity index (χ2v) is 4.91. The van der Waals surface area contributed by atoms with Gasteiger partial charge in [0.2, 0.25) is 0 Å². The van der Waals surface area contributed by atoms with Crippen LogP contribution in [0.2, 0.25) is 0 Å². The number of hydrogen-bond acceptors (Lipinski definition) is 2. The van der Waals surface area contributed by atoms with Crippen molar-refractivity contribution in [3.8, 4) is 0 Å². The second kappa shape index (κ2) is 4.17. The van der Waals surface area contributed by atoms with Crippen LogP contribution in [0.5, 0.6) is 0 Å². The largest absolute Gasteiger partial charge is 0.333 e. The predicted molar refractivity (Wildman–Crippen MR) is 57.1 cm³/mol. The molecule has 1 saturated heterocycles. The van der Waals surface area contributed by atoms with Crippen molar-refractivity contribution in [3.05, 3.63) is 0 Å². The van der Waals surface area contributed by atoms with E-state index in [0.29, 0.717) is 6.54 Å². The van der Waals surface area contributed by atoms with Gasteiger partial charge in [0.05, 0.1) is 0 Å². The molecule has 4 nitrogen and oxygen atoms in total. The van der Waals surface area contributed by atoms with Crippen LogP contribution in [-0.2, 0) is 0 Å². The fraction of sp³-hybridized carbons (Fsp3) is 0.900. The Labute approximate surface area is 85.8 Å². The van der Waals surface area contributed by atoms with Gasteiger partial charge in [-0.3, -0.25) is 0 Å². The summed E-state index contributed by atoms with van der Waals surface area (Å²) in [6.07, 6.45) is 2.10. The number of carbonyl (C=O) groups excluding carboxylic acids is 1. The molecule has 0 aromatic carbocycles. The molecular formula is C10H21N3O. The Balaban J connectivity index is 2.52. The molecule has 3 N–H and O–H groups in total. The van der Waals surface area contributed by atoms with E-state index in [1.54, 1.807) is 0 Å². The Kier molecular flexibility index (Phi) is 3.37. The van der Waals surface area contributed by atoms with E-state index in [2.05, 4.69) is 5.32 Å². The van der Waals surface area contributed by atoms with Gasteiger partial charge >= 0.3 is 6.03 Å². The maximum absolute atomic E-state index is 11.8. The highest BCUT2D eigenvalue weighted by Gasteiger charge is 2.29. The van der Waals surface area contributed by atoms with Gasteiger partial charge in [0.1, 0.15) is 0 Å². The number of likely N-dealkylation sites (tertiary alicyclic amines) is 1. The van der Waals surface area contributed by atoms with Crippen LogP contribution in [0.4, 0.5) is 4.79 Å².